The third-order valence-electron chi connectivity index (χ3n) is 2.35. The third kappa shape index (κ3) is 4.39. The first kappa shape index (κ1) is 18.2. The maximum atomic E-state index is 10.8. The van der Waals surface area contributed by atoms with E-state index in [0.29, 0.717) is 0 Å². The zero-order chi connectivity index (χ0) is 16.4. The molecule has 0 aliphatic carbocycles. The summed E-state index contributed by atoms with van der Waals surface area (Å²) in [7, 11) is -3.17. The zero-order valence-corrected chi connectivity index (χ0v) is 10.5. The molecule has 1 saturated heterocycles. The van der Waals surface area contributed by atoms with Crippen LogP contribution in [0.15, 0.2) is 0 Å². The molecule has 1 fully saturated rings. The molecule has 0 aromatic carbocycles. The summed E-state index contributed by atoms with van der Waals surface area (Å²) in [5.74, 6) is -2.52. The molecule has 11 heteroatoms. The van der Waals surface area contributed by atoms with Gasteiger partial charge in [-0.1, -0.05) is 5.92 Å². The highest BCUT2D eigenvalue weighted by atomic mass is 32.2. The van der Waals surface area contributed by atoms with Gasteiger partial charge in [0.05, 0.1) is 16.9 Å². The van der Waals surface area contributed by atoms with Crippen LogP contribution in [0.4, 0.5) is 13.2 Å². The molecule has 1 atom stereocenters. The number of hydrogen-bond donors (Lipinski definition) is 3. The largest absolute Gasteiger partial charge is 0.490 e. The molecule has 0 spiro atoms. The molecule has 0 amide bonds. The van der Waals surface area contributed by atoms with Crippen molar-refractivity contribution in [3.63, 3.8) is 0 Å². The summed E-state index contributed by atoms with van der Waals surface area (Å²) in [4.78, 5) is 19.4. The maximum absolute atomic E-state index is 10.8. The molecule has 0 saturated carbocycles. The molecule has 20 heavy (non-hydrogen) atoms. The molecule has 114 valence electrons. The number of aliphatic carboxylic acids is 2. The van der Waals surface area contributed by atoms with E-state index in [1.165, 1.54) is 0 Å². The van der Waals surface area contributed by atoms with Gasteiger partial charge in [-0.3, -0.25) is 4.79 Å². The minimum Gasteiger partial charge on any atom is -0.480 e. The Morgan fingerprint density at radius 3 is 1.80 bits per heavy atom. The molecule has 0 unspecified atom stereocenters. The predicted octanol–water partition coefficient (Wildman–Crippen LogP) is -0.920. The second-order valence-corrected chi connectivity index (χ2v) is 6.02. The van der Waals surface area contributed by atoms with Crippen LogP contribution in [0, 0.1) is 17.8 Å². The fourth-order valence-electron chi connectivity index (χ4n) is 1.33. The third-order valence-corrected chi connectivity index (χ3v) is 4.26. The van der Waals surface area contributed by atoms with Crippen LogP contribution in [0.1, 0.15) is 0 Å². The number of alkyl halides is 3. The van der Waals surface area contributed by atoms with Crippen molar-refractivity contribution in [1.82, 2.24) is 0 Å². The molecule has 0 aromatic rings. The SMILES string of the molecule is C#CC1([C@H](N)C(=O)O)CS(=O)(=O)C1.O=C(O)C(F)(F)F. The number of carboxylic acids is 2. The standard InChI is InChI=1S/C7H9NO4S.C2HF3O2/c1-2-7(5(8)6(9)10)3-13(11,12)4-7;3-2(4,5)1(6)7/h1,5H,3-4,8H2,(H,9,10);(H,6,7)/t5-;/m1./s1. The molecule has 1 rings (SSSR count). The van der Waals surface area contributed by atoms with Crippen LogP contribution in [0.3, 0.4) is 0 Å². The van der Waals surface area contributed by atoms with Gasteiger partial charge in [0.25, 0.3) is 0 Å². The Hall–Kier alpha value is -1.80. The van der Waals surface area contributed by atoms with Crippen molar-refractivity contribution in [2.45, 2.75) is 12.2 Å². The van der Waals surface area contributed by atoms with E-state index in [-0.39, 0.29) is 11.5 Å². The van der Waals surface area contributed by atoms with Crippen molar-refractivity contribution < 1.29 is 41.4 Å². The molecule has 4 N–H and O–H groups in total. The van der Waals surface area contributed by atoms with E-state index in [2.05, 4.69) is 5.92 Å². The van der Waals surface area contributed by atoms with Crippen molar-refractivity contribution in [3.05, 3.63) is 0 Å². The first-order chi connectivity index (χ1) is 8.77. The monoisotopic (exact) mass is 317 g/mol. The van der Waals surface area contributed by atoms with Crippen molar-refractivity contribution in [2.75, 3.05) is 11.5 Å². The van der Waals surface area contributed by atoms with Crippen molar-refractivity contribution in [3.8, 4) is 12.3 Å². The number of halogens is 3. The number of hydrogen-bond acceptors (Lipinski definition) is 5. The summed E-state index contributed by atoms with van der Waals surface area (Å²) in [5, 5.41) is 15.7. The Bertz CT molecular complexity index is 535. The smallest absolute Gasteiger partial charge is 0.480 e. The minimum atomic E-state index is -5.08. The van der Waals surface area contributed by atoms with Gasteiger partial charge in [-0.15, -0.1) is 6.42 Å². The summed E-state index contributed by atoms with van der Waals surface area (Å²) < 4.78 is 53.4. The Labute approximate surface area is 111 Å². The minimum absolute atomic E-state index is 0.329. The lowest BCUT2D eigenvalue weighted by molar-refractivity contribution is -0.192. The van der Waals surface area contributed by atoms with Crippen molar-refractivity contribution in [1.29, 1.82) is 0 Å². The highest BCUT2D eigenvalue weighted by Crippen LogP contribution is 2.34. The number of carbonyl (C=O) groups is 2. The summed E-state index contributed by atoms with van der Waals surface area (Å²) in [6, 6.07) is -1.30. The highest BCUT2D eigenvalue weighted by molar-refractivity contribution is 7.92. The van der Waals surface area contributed by atoms with Crippen LogP contribution < -0.4 is 5.73 Å². The molecule has 1 aliphatic heterocycles. The number of sulfone groups is 1. The van der Waals surface area contributed by atoms with Crippen LogP contribution in [0.2, 0.25) is 0 Å². The Morgan fingerprint density at radius 2 is 1.65 bits per heavy atom. The molecule has 0 aromatic heterocycles. The average molecular weight is 317 g/mol. The molecule has 7 nitrogen and oxygen atoms in total. The summed E-state index contributed by atoms with van der Waals surface area (Å²) in [6.07, 6.45) is -0.0125. The fraction of sp³-hybridized carbons (Fsp3) is 0.556. The van der Waals surface area contributed by atoms with Gasteiger partial charge in [-0.05, 0) is 0 Å². The van der Waals surface area contributed by atoms with E-state index in [0.717, 1.165) is 0 Å². The molecule has 0 radical (unpaired) electrons. The van der Waals surface area contributed by atoms with Crippen LogP contribution in [-0.4, -0.2) is 54.3 Å². The van der Waals surface area contributed by atoms with Gasteiger partial charge in [0.2, 0.25) is 0 Å². The van der Waals surface area contributed by atoms with Crippen molar-refractivity contribution in [2.24, 2.45) is 11.1 Å². The normalized spacial score (nSPS) is 20.4. The predicted molar refractivity (Wildman–Crippen MR) is 59.2 cm³/mol. The number of terminal acetylenes is 1. The molecule has 0 bridgehead atoms. The van der Waals surface area contributed by atoms with Gasteiger partial charge in [-0.2, -0.15) is 13.2 Å². The lowest BCUT2D eigenvalue weighted by Crippen LogP contribution is -2.60. The Morgan fingerprint density at radius 1 is 1.30 bits per heavy atom. The second kappa shape index (κ2) is 5.68. The Kier molecular flexibility index (Phi) is 5.17. The summed E-state index contributed by atoms with van der Waals surface area (Å²) in [5.41, 5.74) is 4.08. The van der Waals surface area contributed by atoms with Crippen LogP contribution in [0.25, 0.3) is 0 Å². The maximum Gasteiger partial charge on any atom is 0.490 e. The van der Waals surface area contributed by atoms with Gasteiger partial charge >= 0.3 is 18.1 Å². The number of rotatable bonds is 2. The first-order valence-electron chi connectivity index (χ1n) is 4.74. The second-order valence-electron chi connectivity index (χ2n) is 3.95. The van der Waals surface area contributed by atoms with Gasteiger partial charge < -0.3 is 15.9 Å². The topological polar surface area (TPSA) is 135 Å². The van der Waals surface area contributed by atoms with E-state index in [9.17, 15) is 26.4 Å². The lowest BCUT2D eigenvalue weighted by atomic mass is 9.84. The van der Waals surface area contributed by atoms with Gasteiger partial charge in [0.15, 0.2) is 9.84 Å². The van der Waals surface area contributed by atoms with E-state index >= 15 is 0 Å². The fourth-order valence-corrected chi connectivity index (χ4v) is 3.34. The van der Waals surface area contributed by atoms with Gasteiger partial charge in [0, 0.05) is 0 Å². The Balaban J connectivity index is 0.000000441. The summed E-state index contributed by atoms with van der Waals surface area (Å²) in [6.45, 7) is 0. The van der Waals surface area contributed by atoms with Crippen LogP contribution in [0.5, 0.6) is 0 Å². The highest BCUT2D eigenvalue weighted by Gasteiger charge is 2.54. The van der Waals surface area contributed by atoms with E-state index < -0.39 is 39.4 Å². The lowest BCUT2D eigenvalue weighted by Gasteiger charge is -2.38. The number of nitrogens with two attached hydrogens (primary N) is 1. The molecular formula is C9H10F3NO6S. The zero-order valence-electron chi connectivity index (χ0n) is 9.72. The van der Waals surface area contributed by atoms with Crippen LogP contribution in [-0.2, 0) is 19.4 Å². The van der Waals surface area contributed by atoms with Gasteiger partial charge in [-0.25, -0.2) is 13.2 Å². The van der Waals surface area contributed by atoms with E-state index in [4.69, 9.17) is 27.2 Å². The summed E-state index contributed by atoms with van der Waals surface area (Å²) >= 11 is 0. The first-order valence-corrected chi connectivity index (χ1v) is 6.56. The van der Waals surface area contributed by atoms with E-state index in [1.54, 1.807) is 0 Å². The molecular weight excluding hydrogens is 307 g/mol. The van der Waals surface area contributed by atoms with E-state index in [1.807, 2.05) is 0 Å². The molecule has 1 heterocycles. The van der Waals surface area contributed by atoms with Crippen LogP contribution >= 0.6 is 0 Å². The van der Waals surface area contributed by atoms with Gasteiger partial charge in [0.1, 0.15) is 6.04 Å². The number of carboxylic acid groups (broad SMARTS) is 2. The quantitative estimate of drug-likeness (QED) is 0.560. The molecule has 1 aliphatic rings. The average Bonchev–Trinajstić information content (AvgIpc) is 2.23. The van der Waals surface area contributed by atoms with Crippen molar-refractivity contribution >= 4 is 21.8 Å².